The van der Waals surface area contributed by atoms with Crippen molar-refractivity contribution in [1.29, 1.82) is 0 Å². The van der Waals surface area contributed by atoms with Crippen molar-refractivity contribution in [3.63, 3.8) is 0 Å². The van der Waals surface area contributed by atoms with Crippen molar-refractivity contribution in [3.8, 4) is 5.69 Å². The van der Waals surface area contributed by atoms with E-state index in [0.717, 1.165) is 0 Å². The van der Waals surface area contributed by atoms with Gasteiger partial charge in [-0.05, 0) is 59.8 Å². The van der Waals surface area contributed by atoms with Crippen LogP contribution in [0.1, 0.15) is 16.2 Å². The zero-order valence-electron chi connectivity index (χ0n) is 16.5. The first-order valence-corrected chi connectivity index (χ1v) is 10.8. The molecule has 1 aromatic heterocycles. The molecule has 4 rings (SSSR count). The molecule has 0 bridgehead atoms. The van der Waals surface area contributed by atoms with Crippen LogP contribution in [0.15, 0.2) is 47.4 Å². The number of aromatic nitrogens is 4. The third kappa shape index (κ3) is 4.31. The second-order valence-electron chi connectivity index (χ2n) is 6.80. The number of rotatable bonds is 5. The van der Waals surface area contributed by atoms with Gasteiger partial charge < -0.3 is 10.1 Å². The molecule has 0 saturated carbocycles. The zero-order valence-corrected chi connectivity index (χ0v) is 17.3. The van der Waals surface area contributed by atoms with Crippen LogP contribution in [0.4, 0.5) is 10.1 Å². The van der Waals surface area contributed by atoms with Gasteiger partial charge in [-0.2, -0.15) is 8.99 Å². The van der Waals surface area contributed by atoms with Crippen molar-refractivity contribution in [3.05, 3.63) is 59.7 Å². The highest BCUT2D eigenvalue weighted by Crippen LogP contribution is 2.21. The summed E-state index contributed by atoms with van der Waals surface area (Å²) in [4.78, 5) is 12.7. The zero-order chi connectivity index (χ0) is 22.0. The van der Waals surface area contributed by atoms with Gasteiger partial charge in [-0.25, -0.2) is 12.8 Å². The number of sulfonamides is 1. The van der Waals surface area contributed by atoms with Crippen LogP contribution in [0.25, 0.3) is 5.69 Å². The Morgan fingerprint density at radius 1 is 1.13 bits per heavy atom. The van der Waals surface area contributed by atoms with Crippen LogP contribution in [-0.4, -0.2) is 65.1 Å². The van der Waals surface area contributed by atoms with Crippen molar-refractivity contribution in [2.24, 2.45) is 0 Å². The summed E-state index contributed by atoms with van der Waals surface area (Å²) in [6.45, 7) is 2.90. The summed E-state index contributed by atoms with van der Waals surface area (Å²) in [5.74, 6) is -0.633. The third-order valence-electron chi connectivity index (χ3n) is 4.78. The molecule has 0 radical (unpaired) electrons. The van der Waals surface area contributed by atoms with E-state index in [9.17, 15) is 17.6 Å². The molecule has 0 spiro atoms. The third-order valence-corrected chi connectivity index (χ3v) is 6.69. The fourth-order valence-electron chi connectivity index (χ4n) is 3.12. The molecule has 1 fully saturated rings. The minimum Gasteiger partial charge on any atom is -0.379 e. The molecule has 0 unspecified atom stereocenters. The van der Waals surface area contributed by atoms with E-state index in [4.69, 9.17) is 4.74 Å². The monoisotopic (exact) mass is 446 g/mol. The number of benzene rings is 2. The second-order valence-corrected chi connectivity index (χ2v) is 8.74. The van der Waals surface area contributed by atoms with Gasteiger partial charge in [0, 0.05) is 24.3 Å². The van der Waals surface area contributed by atoms with Crippen molar-refractivity contribution >= 4 is 21.6 Å². The van der Waals surface area contributed by atoms with Crippen molar-refractivity contribution in [2.75, 3.05) is 31.6 Å². The molecule has 1 aliphatic heterocycles. The van der Waals surface area contributed by atoms with E-state index in [1.807, 2.05) is 0 Å². The largest absolute Gasteiger partial charge is 0.379 e. The Morgan fingerprint density at radius 3 is 2.48 bits per heavy atom. The Balaban J connectivity index is 1.51. The van der Waals surface area contributed by atoms with Gasteiger partial charge in [0.25, 0.3) is 5.91 Å². The summed E-state index contributed by atoms with van der Waals surface area (Å²) >= 11 is 0. The number of carbonyl (C=O) groups excluding carboxylic acids is 1. The maximum absolute atomic E-state index is 14.2. The van der Waals surface area contributed by atoms with Crippen molar-refractivity contribution in [1.82, 2.24) is 24.5 Å². The van der Waals surface area contributed by atoms with Gasteiger partial charge in [-0.1, -0.05) is 0 Å². The lowest BCUT2D eigenvalue weighted by molar-refractivity contribution is 0.0730. The summed E-state index contributed by atoms with van der Waals surface area (Å²) in [6, 6.07) is 9.66. The molecule has 1 amide bonds. The minimum absolute atomic E-state index is 0.0900. The lowest BCUT2D eigenvalue weighted by Gasteiger charge is -2.26. The average molecular weight is 446 g/mol. The number of amides is 1. The van der Waals surface area contributed by atoms with Gasteiger partial charge >= 0.3 is 0 Å². The lowest BCUT2D eigenvalue weighted by Crippen LogP contribution is -2.40. The van der Waals surface area contributed by atoms with Crippen LogP contribution in [0.3, 0.4) is 0 Å². The predicted molar refractivity (Wildman–Crippen MR) is 108 cm³/mol. The Hall–Kier alpha value is -3.22. The van der Waals surface area contributed by atoms with Gasteiger partial charge in [0.1, 0.15) is 11.5 Å². The van der Waals surface area contributed by atoms with Crippen LogP contribution < -0.4 is 5.32 Å². The topological polar surface area (TPSA) is 119 Å². The van der Waals surface area contributed by atoms with Crippen LogP contribution in [0.2, 0.25) is 0 Å². The number of nitrogens with zero attached hydrogens (tertiary/aromatic N) is 5. The van der Waals surface area contributed by atoms with E-state index in [2.05, 4.69) is 20.8 Å². The van der Waals surface area contributed by atoms with Gasteiger partial charge in [-0.3, -0.25) is 4.79 Å². The molecule has 1 N–H and O–H groups in total. The second kappa shape index (κ2) is 8.49. The summed E-state index contributed by atoms with van der Waals surface area (Å²) in [5, 5.41) is 13.6. The van der Waals surface area contributed by atoms with Crippen molar-refractivity contribution in [2.45, 2.75) is 11.8 Å². The van der Waals surface area contributed by atoms with E-state index in [0.29, 0.717) is 24.7 Å². The number of anilines is 1. The summed E-state index contributed by atoms with van der Waals surface area (Å²) < 4.78 is 47.3. The summed E-state index contributed by atoms with van der Waals surface area (Å²) in [5.41, 5.74) is 0.680. The molecule has 0 aliphatic carbocycles. The van der Waals surface area contributed by atoms with Crippen molar-refractivity contribution < 1.29 is 22.3 Å². The molecule has 0 atom stereocenters. The lowest BCUT2D eigenvalue weighted by atomic mass is 10.2. The SMILES string of the molecule is Cc1nnnn1-c1cc(NC(=O)c2ccc(S(=O)(=O)N3CCOCC3)cc2)ccc1F. The average Bonchev–Trinajstić information content (AvgIpc) is 3.21. The normalized spacial score (nSPS) is 15.0. The maximum Gasteiger partial charge on any atom is 0.255 e. The van der Waals surface area contributed by atoms with Crippen LogP contribution in [0.5, 0.6) is 0 Å². The minimum atomic E-state index is -3.64. The quantitative estimate of drug-likeness (QED) is 0.629. The standard InChI is InChI=1S/C19H19FN6O4S/c1-13-22-23-24-26(13)18-12-15(4-7-17(18)20)21-19(27)14-2-5-16(6-3-14)31(28,29)25-8-10-30-11-9-25/h2-7,12H,8-11H2,1H3,(H,21,27). The van der Waals surface area contributed by atoms with E-state index < -0.39 is 21.7 Å². The highest BCUT2D eigenvalue weighted by molar-refractivity contribution is 7.89. The highest BCUT2D eigenvalue weighted by atomic mass is 32.2. The van der Waals surface area contributed by atoms with E-state index in [-0.39, 0.29) is 29.2 Å². The molecule has 1 aliphatic rings. The molecule has 3 aromatic rings. The van der Waals surface area contributed by atoms with Gasteiger partial charge in [0.2, 0.25) is 10.0 Å². The first-order chi connectivity index (χ1) is 14.9. The Kier molecular flexibility index (Phi) is 5.76. The fourth-order valence-corrected chi connectivity index (χ4v) is 4.53. The number of nitrogens with one attached hydrogen (secondary N) is 1. The number of ether oxygens (including phenoxy) is 1. The fraction of sp³-hybridized carbons (Fsp3) is 0.263. The Bertz CT molecular complexity index is 1210. The molecule has 2 heterocycles. The molecule has 31 heavy (non-hydrogen) atoms. The van der Waals surface area contributed by atoms with Crippen LogP contribution >= 0.6 is 0 Å². The van der Waals surface area contributed by atoms with Crippen LogP contribution in [0, 0.1) is 12.7 Å². The van der Waals surface area contributed by atoms with Crippen LogP contribution in [-0.2, 0) is 14.8 Å². The summed E-state index contributed by atoms with van der Waals surface area (Å²) in [6.07, 6.45) is 0. The van der Waals surface area contributed by atoms with E-state index in [1.165, 1.54) is 51.5 Å². The van der Waals surface area contributed by atoms with E-state index >= 15 is 0 Å². The molecule has 162 valence electrons. The number of aryl methyl sites for hydroxylation is 1. The summed E-state index contributed by atoms with van der Waals surface area (Å²) in [7, 11) is -3.64. The Labute approximate surface area is 177 Å². The smallest absolute Gasteiger partial charge is 0.255 e. The number of hydrogen-bond donors (Lipinski definition) is 1. The van der Waals surface area contributed by atoms with E-state index in [1.54, 1.807) is 6.92 Å². The molecule has 12 heteroatoms. The number of morpholine rings is 1. The van der Waals surface area contributed by atoms with Gasteiger partial charge in [0.05, 0.1) is 18.1 Å². The highest BCUT2D eigenvalue weighted by Gasteiger charge is 2.26. The first-order valence-electron chi connectivity index (χ1n) is 9.40. The number of carbonyl (C=O) groups is 1. The Morgan fingerprint density at radius 2 is 1.84 bits per heavy atom. The molecule has 2 aromatic carbocycles. The molecular weight excluding hydrogens is 427 g/mol. The molecule has 10 nitrogen and oxygen atoms in total. The molecular formula is C19H19FN6O4S. The first kappa shape index (κ1) is 21.0. The van der Waals surface area contributed by atoms with Gasteiger partial charge in [0.15, 0.2) is 5.82 Å². The molecule has 1 saturated heterocycles. The predicted octanol–water partition coefficient (Wildman–Crippen LogP) is 1.38. The number of hydrogen-bond acceptors (Lipinski definition) is 7. The number of halogens is 1. The number of tetrazole rings is 1. The maximum atomic E-state index is 14.2. The van der Waals surface area contributed by atoms with Gasteiger partial charge in [-0.15, -0.1) is 5.10 Å².